The lowest BCUT2D eigenvalue weighted by Gasteiger charge is -2.60. The Kier molecular flexibility index (Phi) is 5.25. The van der Waals surface area contributed by atoms with E-state index in [2.05, 4.69) is 17.0 Å². The van der Waals surface area contributed by atoms with Crippen molar-refractivity contribution in [2.75, 3.05) is 6.54 Å². The highest BCUT2D eigenvalue weighted by atomic mass is 19.1. The zero-order valence-corrected chi connectivity index (χ0v) is 18.1. The largest absolute Gasteiger partial charge is 0.489 e. The Hall–Kier alpha value is -2.40. The number of nitrogens with two attached hydrogens (primary N) is 1. The van der Waals surface area contributed by atoms with Gasteiger partial charge in [-0.05, 0) is 79.5 Å². The van der Waals surface area contributed by atoms with Crippen molar-refractivity contribution in [2.24, 2.45) is 11.7 Å². The van der Waals surface area contributed by atoms with Gasteiger partial charge in [0.25, 0.3) is 0 Å². The molecule has 1 aliphatic heterocycles. The zero-order valence-electron chi connectivity index (χ0n) is 18.1. The van der Waals surface area contributed by atoms with Crippen LogP contribution in [-0.4, -0.2) is 29.4 Å². The summed E-state index contributed by atoms with van der Waals surface area (Å²) < 4.78 is 19.6. The van der Waals surface area contributed by atoms with Crippen molar-refractivity contribution < 1.29 is 13.9 Å². The number of carbonyl (C=O) groups is 1. The van der Waals surface area contributed by atoms with Crippen LogP contribution in [0, 0.1) is 11.7 Å². The lowest BCUT2D eigenvalue weighted by atomic mass is 9.52. The predicted molar refractivity (Wildman–Crippen MR) is 118 cm³/mol. The van der Waals surface area contributed by atoms with Gasteiger partial charge in [-0.1, -0.05) is 31.0 Å². The Morgan fingerprint density at radius 1 is 1.26 bits per heavy atom. The fourth-order valence-corrected chi connectivity index (χ4v) is 6.54. The molecule has 4 nitrogen and oxygen atoms in total. The number of primary amides is 1. The van der Waals surface area contributed by atoms with E-state index in [4.69, 9.17) is 10.5 Å². The first kappa shape index (κ1) is 20.5. The Balaban J connectivity index is 1.45. The maximum Gasteiger partial charge on any atom is 0.234 e. The topological polar surface area (TPSA) is 55.6 Å². The second-order valence-corrected chi connectivity index (χ2v) is 9.58. The fraction of sp³-hybridized carbons (Fsp3) is 0.500. The van der Waals surface area contributed by atoms with Crippen LogP contribution in [0.4, 0.5) is 4.39 Å². The minimum atomic E-state index is -0.238. The molecule has 2 bridgehead atoms. The van der Waals surface area contributed by atoms with Crippen LogP contribution in [0.15, 0.2) is 42.5 Å². The van der Waals surface area contributed by atoms with Crippen LogP contribution in [0.3, 0.4) is 0 Å². The van der Waals surface area contributed by atoms with Gasteiger partial charge in [-0.25, -0.2) is 4.39 Å². The van der Waals surface area contributed by atoms with Crippen molar-refractivity contribution >= 4 is 5.91 Å². The van der Waals surface area contributed by atoms with Gasteiger partial charge in [0.1, 0.15) is 18.2 Å². The number of likely N-dealkylation sites (tertiary alicyclic amines) is 1. The van der Waals surface area contributed by atoms with E-state index in [-0.39, 0.29) is 23.2 Å². The summed E-state index contributed by atoms with van der Waals surface area (Å²) in [6, 6.07) is 13.2. The minimum Gasteiger partial charge on any atom is -0.489 e. The second kappa shape index (κ2) is 7.94. The molecule has 1 saturated heterocycles. The zero-order chi connectivity index (χ0) is 21.6. The molecule has 0 unspecified atom stereocenters. The van der Waals surface area contributed by atoms with Gasteiger partial charge >= 0.3 is 0 Å². The summed E-state index contributed by atoms with van der Waals surface area (Å²) in [5, 5.41) is 0. The SMILES string of the molecule is C[C@H](C(N)=O)N1CC[C@@]23CCCC[C@@H]2[C@H]1Cc1ccc(OCc2cccc(F)c2)cc13. The van der Waals surface area contributed by atoms with E-state index in [1.807, 2.05) is 19.1 Å². The summed E-state index contributed by atoms with van der Waals surface area (Å²) in [6.45, 7) is 3.23. The molecule has 2 aromatic carbocycles. The Bertz CT molecular complexity index is 993. The van der Waals surface area contributed by atoms with Gasteiger partial charge in [0.05, 0.1) is 6.04 Å². The molecule has 2 aliphatic carbocycles. The molecular weight excluding hydrogens is 391 g/mol. The first-order valence-electron chi connectivity index (χ1n) is 11.5. The van der Waals surface area contributed by atoms with E-state index in [1.54, 1.807) is 6.07 Å². The van der Waals surface area contributed by atoms with Crippen LogP contribution in [0.25, 0.3) is 0 Å². The van der Waals surface area contributed by atoms with Gasteiger partial charge in [-0.2, -0.15) is 0 Å². The molecule has 1 amide bonds. The van der Waals surface area contributed by atoms with Crippen LogP contribution < -0.4 is 10.5 Å². The van der Waals surface area contributed by atoms with E-state index in [1.165, 1.54) is 48.9 Å². The maximum absolute atomic E-state index is 13.5. The third-order valence-electron chi connectivity index (χ3n) is 8.05. The average Bonchev–Trinajstić information content (AvgIpc) is 2.77. The molecule has 1 heterocycles. The molecule has 31 heavy (non-hydrogen) atoms. The number of hydrogen-bond acceptors (Lipinski definition) is 3. The summed E-state index contributed by atoms with van der Waals surface area (Å²) in [4.78, 5) is 14.3. The normalized spacial score (nSPS) is 28.3. The molecule has 2 fully saturated rings. The molecule has 0 spiro atoms. The summed E-state index contributed by atoms with van der Waals surface area (Å²) >= 11 is 0. The monoisotopic (exact) mass is 422 g/mol. The molecule has 5 rings (SSSR count). The van der Waals surface area contributed by atoms with Crippen LogP contribution in [0.5, 0.6) is 5.75 Å². The number of benzene rings is 2. The highest BCUT2D eigenvalue weighted by Crippen LogP contribution is 2.56. The van der Waals surface area contributed by atoms with Gasteiger partial charge in [-0.3, -0.25) is 9.69 Å². The Labute approximate surface area is 183 Å². The maximum atomic E-state index is 13.5. The molecule has 0 aromatic heterocycles. The van der Waals surface area contributed by atoms with Crippen molar-refractivity contribution in [3.8, 4) is 5.75 Å². The van der Waals surface area contributed by atoms with E-state index >= 15 is 0 Å². The lowest BCUT2D eigenvalue weighted by Crippen LogP contribution is -2.64. The number of carbonyl (C=O) groups excluding carboxylic acids is 1. The summed E-state index contributed by atoms with van der Waals surface area (Å²) in [7, 11) is 0. The molecular formula is C26H31FN2O2. The van der Waals surface area contributed by atoms with E-state index in [9.17, 15) is 9.18 Å². The third kappa shape index (κ3) is 3.53. The van der Waals surface area contributed by atoms with Crippen molar-refractivity contribution in [1.82, 2.24) is 4.90 Å². The molecule has 0 radical (unpaired) electrons. The van der Waals surface area contributed by atoms with Crippen LogP contribution in [0.2, 0.25) is 0 Å². The van der Waals surface area contributed by atoms with Gasteiger partial charge in [0.15, 0.2) is 0 Å². The van der Waals surface area contributed by atoms with E-state index in [0.29, 0.717) is 18.6 Å². The fourth-order valence-electron chi connectivity index (χ4n) is 6.54. The average molecular weight is 423 g/mol. The van der Waals surface area contributed by atoms with Crippen LogP contribution in [-0.2, 0) is 23.2 Å². The van der Waals surface area contributed by atoms with Crippen LogP contribution in [0.1, 0.15) is 55.7 Å². The standard InChI is InChI=1S/C26H31FN2O2/c1-17(25(28)30)29-12-11-26-10-3-2-7-22(26)24(29)14-19-8-9-21(15-23(19)26)31-16-18-5-4-6-20(27)13-18/h4-6,8-9,13,15,17,22,24H,2-3,7,10-12,14,16H2,1H3,(H2,28,30)/t17-,22-,24-,26+/m1/s1. The van der Waals surface area contributed by atoms with Crippen LogP contribution >= 0.6 is 0 Å². The van der Waals surface area contributed by atoms with Gasteiger partial charge in [0.2, 0.25) is 5.91 Å². The number of piperidine rings is 1. The van der Waals surface area contributed by atoms with E-state index < -0.39 is 0 Å². The van der Waals surface area contributed by atoms with Gasteiger partial charge < -0.3 is 10.5 Å². The number of hydrogen-bond donors (Lipinski definition) is 1. The molecule has 2 N–H and O–H groups in total. The highest BCUT2D eigenvalue weighted by Gasteiger charge is 2.54. The van der Waals surface area contributed by atoms with Crippen molar-refractivity contribution in [2.45, 2.75) is 69.6 Å². The molecule has 3 aliphatic rings. The molecule has 2 aromatic rings. The summed E-state index contributed by atoms with van der Waals surface area (Å²) in [5.41, 5.74) is 9.51. The number of nitrogens with zero attached hydrogens (tertiary/aromatic N) is 1. The quantitative estimate of drug-likeness (QED) is 0.780. The van der Waals surface area contributed by atoms with E-state index in [0.717, 1.165) is 30.7 Å². The van der Waals surface area contributed by atoms with Crippen molar-refractivity contribution in [3.05, 3.63) is 65.0 Å². The second-order valence-electron chi connectivity index (χ2n) is 9.58. The summed E-state index contributed by atoms with van der Waals surface area (Å²) in [6.07, 6.45) is 6.94. The highest BCUT2D eigenvalue weighted by molar-refractivity contribution is 5.79. The predicted octanol–water partition coefficient (Wildman–Crippen LogP) is 4.34. The van der Waals surface area contributed by atoms with Crippen molar-refractivity contribution in [1.29, 1.82) is 0 Å². The summed E-state index contributed by atoms with van der Waals surface area (Å²) in [5.74, 6) is 0.949. The van der Waals surface area contributed by atoms with Gasteiger partial charge in [-0.15, -0.1) is 0 Å². The first-order valence-corrected chi connectivity index (χ1v) is 11.5. The Morgan fingerprint density at radius 3 is 2.94 bits per heavy atom. The number of ether oxygens (including phenoxy) is 1. The smallest absolute Gasteiger partial charge is 0.234 e. The molecule has 5 heteroatoms. The molecule has 164 valence electrons. The third-order valence-corrected chi connectivity index (χ3v) is 8.05. The molecule has 1 saturated carbocycles. The van der Waals surface area contributed by atoms with Crippen molar-refractivity contribution in [3.63, 3.8) is 0 Å². The molecule has 4 atom stereocenters. The number of rotatable bonds is 5. The Morgan fingerprint density at radius 2 is 2.13 bits per heavy atom. The number of halogens is 1. The minimum absolute atomic E-state index is 0.169. The number of amides is 1. The van der Waals surface area contributed by atoms with Gasteiger partial charge in [0, 0.05) is 18.0 Å². The lowest BCUT2D eigenvalue weighted by molar-refractivity contribution is -0.127. The number of fused-ring (bicyclic) bond motifs is 1. The first-order chi connectivity index (χ1) is 15.0.